The molecule has 0 bridgehead atoms. The van der Waals surface area contributed by atoms with Crippen molar-refractivity contribution < 1.29 is 0 Å². The monoisotopic (exact) mass is 523 g/mol. The summed E-state index contributed by atoms with van der Waals surface area (Å²) in [7, 11) is 2.15. The summed E-state index contributed by atoms with van der Waals surface area (Å²) in [6, 6.07) is 6.40. The van der Waals surface area contributed by atoms with Crippen molar-refractivity contribution in [1.29, 1.82) is 0 Å². The van der Waals surface area contributed by atoms with Crippen molar-refractivity contribution in [3.8, 4) is 0 Å². The van der Waals surface area contributed by atoms with Gasteiger partial charge in [-0.1, -0.05) is 31.2 Å². The van der Waals surface area contributed by atoms with Crippen LogP contribution in [0.15, 0.2) is 64.6 Å². The zero-order valence-electron chi connectivity index (χ0n) is 23.2. The molecule has 3 aromatic rings. The van der Waals surface area contributed by atoms with E-state index in [-0.39, 0.29) is 11.7 Å². The standard InChI is InChI=1S/C31H37N7O/c1-5-15-37-30(39)26-19-32-31(33-24-10-11-25(20(3)18-24)22-13-16-36(4)17-14-22)35-29(26)38(37)27-12-9-23-8-7-21(6-2)28(23)34-27/h5,9-11,13,18-19,21,27H,1,6-8,12,14-17H2,2-4H3,(H,32,33,35). The molecule has 0 amide bonds. The third-order valence-corrected chi connectivity index (χ3v) is 8.37. The van der Waals surface area contributed by atoms with Gasteiger partial charge in [-0.15, -0.1) is 6.58 Å². The topological polar surface area (TPSA) is 80.3 Å². The summed E-state index contributed by atoms with van der Waals surface area (Å²) in [5.74, 6) is 0.952. The number of aliphatic imine (C=N–C) groups is 1. The number of allylic oxidation sites excluding steroid dienone is 2. The van der Waals surface area contributed by atoms with E-state index < -0.39 is 0 Å². The summed E-state index contributed by atoms with van der Waals surface area (Å²) in [6.45, 7) is 10.7. The van der Waals surface area contributed by atoms with Gasteiger partial charge in [0.05, 0.1) is 6.54 Å². The lowest BCUT2D eigenvalue weighted by Crippen LogP contribution is -2.27. The Morgan fingerprint density at radius 3 is 2.82 bits per heavy atom. The fourth-order valence-electron chi connectivity index (χ4n) is 6.22. The van der Waals surface area contributed by atoms with E-state index in [4.69, 9.17) is 9.98 Å². The second kappa shape index (κ2) is 10.4. The molecule has 2 atom stereocenters. The van der Waals surface area contributed by atoms with E-state index in [1.165, 1.54) is 28.0 Å². The average molecular weight is 524 g/mol. The van der Waals surface area contributed by atoms with Crippen LogP contribution >= 0.6 is 0 Å². The zero-order chi connectivity index (χ0) is 27.1. The molecule has 0 saturated heterocycles. The van der Waals surface area contributed by atoms with Crippen LogP contribution in [0, 0.1) is 12.8 Å². The number of hydrogen-bond acceptors (Lipinski definition) is 6. The molecule has 1 fully saturated rings. The summed E-state index contributed by atoms with van der Waals surface area (Å²) in [6.07, 6.45) is 12.9. The minimum atomic E-state index is -0.215. The number of anilines is 2. The summed E-state index contributed by atoms with van der Waals surface area (Å²) in [4.78, 5) is 30.3. The first-order valence-corrected chi connectivity index (χ1v) is 14.1. The minimum Gasteiger partial charge on any atom is -0.324 e. The van der Waals surface area contributed by atoms with E-state index in [2.05, 4.69) is 73.0 Å². The Morgan fingerprint density at radius 2 is 2.08 bits per heavy atom. The highest BCUT2D eigenvalue weighted by atomic mass is 16.1. The lowest BCUT2D eigenvalue weighted by molar-refractivity contribution is 0.370. The predicted molar refractivity (Wildman–Crippen MR) is 159 cm³/mol. The van der Waals surface area contributed by atoms with Crippen LogP contribution < -0.4 is 10.9 Å². The molecule has 2 unspecified atom stereocenters. The van der Waals surface area contributed by atoms with Gasteiger partial charge in [0.2, 0.25) is 5.95 Å². The van der Waals surface area contributed by atoms with Gasteiger partial charge < -0.3 is 10.2 Å². The Labute approximate surface area is 229 Å². The first-order chi connectivity index (χ1) is 19.0. The van der Waals surface area contributed by atoms with Crippen LogP contribution in [-0.2, 0) is 6.54 Å². The summed E-state index contributed by atoms with van der Waals surface area (Å²) in [5, 5.41) is 3.87. The lowest BCUT2D eigenvalue weighted by atomic mass is 9.95. The highest BCUT2D eigenvalue weighted by molar-refractivity contribution is 6.04. The van der Waals surface area contributed by atoms with Gasteiger partial charge in [0.1, 0.15) is 11.6 Å². The highest BCUT2D eigenvalue weighted by Crippen LogP contribution is 2.37. The van der Waals surface area contributed by atoms with Crippen molar-refractivity contribution in [3.63, 3.8) is 0 Å². The number of hydrogen-bond donors (Lipinski definition) is 1. The van der Waals surface area contributed by atoms with Crippen LogP contribution in [0.25, 0.3) is 16.6 Å². The van der Waals surface area contributed by atoms with E-state index in [0.29, 0.717) is 29.4 Å². The van der Waals surface area contributed by atoms with Gasteiger partial charge in [0.15, 0.2) is 5.65 Å². The molecule has 202 valence electrons. The molecule has 1 N–H and O–H groups in total. The average Bonchev–Trinajstić information content (AvgIpc) is 3.47. The molecule has 6 rings (SSSR count). The van der Waals surface area contributed by atoms with Crippen LogP contribution in [0.2, 0.25) is 0 Å². The number of aromatic nitrogens is 4. The van der Waals surface area contributed by atoms with Gasteiger partial charge in [-0.3, -0.25) is 9.79 Å². The van der Waals surface area contributed by atoms with Gasteiger partial charge in [0, 0.05) is 43.0 Å². The van der Waals surface area contributed by atoms with Crippen LogP contribution in [-0.4, -0.2) is 50.1 Å². The van der Waals surface area contributed by atoms with E-state index >= 15 is 0 Å². The van der Waals surface area contributed by atoms with Crippen molar-refractivity contribution >= 4 is 34.0 Å². The minimum absolute atomic E-state index is 0.114. The van der Waals surface area contributed by atoms with Gasteiger partial charge in [-0.2, -0.15) is 4.98 Å². The summed E-state index contributed by atoms with van der Waals surface area (Å²) < 4.78 is 3.66. The molecule has 1 aromatic carbocycles. The number of aryl methyl sites for hydroxylation is 1. The SMILES string of the molecule is C=CCn1c(=O)c2cnc(Nc3ccc(C4=CCN(C)CC4)c(C)c3)nc2n1C1CC=C2CCC(CC)C2=N1. The maximum atomic E-state index is 13.4. The number of fused-ring (bicyclic) bond motifs is 2. The van der Waals surface area contributed by atoms with E-state index in [1.807, 2.05) is 4.68 Å². The Kier molecular flexibility index (Phi) is 6.81. The number of benzene rings is 1. The predicted octanol–water partition coefficient (Wildman–Crippen LogP) is 5.64. The number of dihydropyridines is 1. The molecule has 2 aliphatic heterocycles. The second-order valence-electron chi connectivity index (χ2n) is 11.0. The van der Waals surface area contributed by atoms with Crippen LogP contribution in [0.4, 0.5) is 11.6 Å². The fourth-order valence-corrected chi connectivity index (χ4v) is 6.22. The van der Waals surface area contributed by atoms with Gasteiger partial charge in [0.25, 0.3) is 5.56 Å². The van der Waals surface area contributed by atoms with E-state index in [9.17, 15) is 4.79 Å². The first kappa shape index (κ1) is 25.5. The highest BCUT2D eigenvalue weighted by Gasteiger charge is 2.31. The normalized spacial score (nSPS) is 21.4. The van der Waals surface area contributed by atoms with Crippen molar-refractivity contribution in [1.82, 2.24) is 24.2 Å². The third kappa shape index (κ3) is 4.67. The molecular formula is C31H37N7O. The van der Waals surface area contributed by atoms with Crippen molar-refractivity contribution in [3.05, 3.63) is 76.3 Å². The Bertz CT molecular complexity index is 1590. The Balaban J connectivity index is 1.35. The summed E-state index contributed by atoms with van der Waals surface area (Å²) in [5.41, 5.74) is 7.90. The Hall–Kier alpha value is -3.78. The quantitative estimate of drug-likeness (QED) is 0.406. The number of nitrogens with one attached hydrogen (secondary N) is 1. The number of likely N-dealkylation sites (N-methyl/N-ethyl adjacent to an activating group) is 1. The summed E-state index contributed by atoms with van der Waals surface area (Å²) >= 11 is 0. The molecule has 0 radical (unpaired) electrons. The maximum Gasteiger partial charge on any atom is 0.278 e. The second-order valence-corrected chi connectivity index (χ2v) is 11.0. The first-order valence-electron chi connectivity index (χ1n) is 14.1. The van der Waals surface area contributed by atoms with Crippen molar-refractivity contribution in [2.45, 2.75) is 58.7 Å². The van der Waals surface area contributed by atoms with Crippen molar-refractivity contribution in [2.24, 2.45) is 10.9 Å². The molecule has 0 spiro atoms. The Morgan fingerprint density at radius 1 is 1.21 bits per heavy atom. The molecule has 1 aliphatic carbocycles. The van der Waals surface area contributed by atoms with Crippen LogP contribution in [0.3, 0.4) is 0 Å². The zero-order valence-corrected chi connectivity index (χ0v) is 23.2. The largest absolute Gasteiger partial charge is 0.324 e. The van der Waals surface area contributed by atoms with Crippen LogP contribution in [0.1, 0.15) is 56.3 Å². The molecule has 4 heterocycles. The molecule has 1 saturated carbocycles. The molecular weight excluding hydrogens is 486 g/mol. The van der Waals surface area contributed by atoms with Gasteiger partial charge in [-0.05, 0) is 74.1 Å². The number of rotatable bonds is 7. The molecule has 3 aliphatic rings. The van der Waals surface area contributed by atoms with Gasteiger partial charge >= 0.3 is 0 Å². The maximum absolute atomic E-state index is 13.4. The van der Waals surface area contributed by atoms with E-state index in [0.717, 1.165) is 50.9 Å². The molecule has 2 aromatic heterocycles. The third-order valence-electron chi connectivity index (χ3n) is 8.37. The smallest absolute Gasteiger partial charge is 0.278 e. The molecule has 8 nitrogen and oxygen atoms in total. The van der Waals surface area contributed by atoms with Crippen LogP contribution in [0.5, 0.6) is 0 Å². The lowest BCUT2D eigenvalue weighted by Gasteiger charge is -2.24. The number of nitrogens with zero attached hydrogens (tertiary/aromatic N) is 6. The fraction of sp³-hybridized carbons (Fsp3) is 0.419. The van der Waals surface area contributed by atoms with Crippen molar-refractivity contribution in [2.75, 3.05) is 25.5 Å². The van der Waals surface area contributed by atoms with E-state index in [1.54, 1.807) is 17.0 Å². The molecule has 39 heavy (non-hydrogen) atoms. The molecule has 8 heteroatoms. The van der Waals surface area contributed by atoms with Gasteiger partial charge in [-0.25, -0.2) is 14.3 Å².